The smallest absolute Gasteiger partial charge is 0.0967 e. The van der Waals surface area contributed by atoms with Crippen molar-refractivity contribution in [1.82, 2.24) is 0 Å². The molecule has 0 radical (unpaired) electrons. The number of hydrogen-bond acceptors (Lipinski definition) is 1. The second-order valence-corrected chi connectivity index (χ2v) is 4.14. The van der Waals surface area contributed by atoms with Gasteiger partial charge in [-0.15, -0.1) is 0 Å². The van der Waals surface area contributed by atoms with Crippen molar-refractivity contribution >= 4 is 0 Å². The van der Waals surface area contributed by atoms with E-state index in [-0.39, 0.29) is 0 Å². The third kappa shape index (κ3) is 4.99. The molecule has 0 spiro atoms. The fourth-order valence-corrected chi connectivity index (χ4v) is 0.843. The van der Waals surface area contributed by atoms with Gasteiger partial charge >= 0.3 is 0 Å². The number of likely N-dealkylation sites (N-methyl/N-ethyl adjacent to an activating group) is 1. The van der Waals surface area contributed by atoms with Gasteiger partial charge in [-0.3, -0.25) is 0 Å². The lowest BCUT2D eigenvalue weighted by atomic mass is 10.3. The van der Waals surface area contributed by atoms with Gasteiger partial charge in [0, 0.05) is 0 Å². The lowest BCUT2D eigenvalue weighted by Crippen LogP contribution is -2.34. The molecular weight excluding hydrogens is 138 g/mol. The van der Waals surface area contributed by atoms with Crippen LogP contribution in [-0.4, -0.2) is 44.9 Å². The summed E-state index contributed by atoms with van der Waals surface area (Å²) >= 11 is 0. The Morgan fingerprint density at radius 1 is 1.36 bits per heavy atom. The summed E-state index contributed by atoms with van der Waals surface area (Å²) < 4.78 is 6.09. The van der Waals surface area contributed by atoms with E-state index in [1.807, 2.05) is 0 Å². The van der Waals surface area contributed by atoms with Crippen LogP contribution < -0.4 is 0 Å². The van der Waals surface area contributed by atoms with Crippen LogP contribution in [-0.2, 0) is 4.74 Å². The maximum atomic E-state index is 5.08. The Labute approximate surface area is 69.0 Å². The van der Waals surface area contributed by atoms with E-state index in [1.165, 1.54) is 0 Å². The summed E-state index contributed by atoms with van der Waals surface area (Å²) in [5.41, 5.74) is 0. The van der Waals surface area contributed by atoms with Gasteiger partial charge in [0.15, 0.2) is 0 Å². The Morgan fingerprint density at radius 2 is 2.00 bits per heavy atom. The quantitative estimate of drug-likeness (QED) is 0.336. The molecular formula is C9H18NO+. The molecule has 11 heavy (non-hydrogen) atoms. The third-order valence-corrected chi connectivity index (χ3v) is 1.62. The van der Waals surface area contributed by atoms with Crippen LogP contribution in [0.2, 0.25) is 0 Å². The van der Waals surface area contributed by atoms with Gasteiger partial charge in [-0.2, -0.15) is 0 Å². The molecule has 0 aromatic rings. The first-order valence-electron chi connectivity index (χ1n) is 4.15. The van der Waals surface area contributed by atoms with Gasteiger partial charge < -0.3 is 9.22 Å². The van der Waals surface area contributed by atoms with E-state index >= 15 is 0 Å². The summed E-state index contributed by atoms with van der Waals surface area (Å²) in [6.45, 7) is 2.07. The van der Waals surface area contributed by atoms with E-state index < -0.39 is 0 Å². The molecule has 2 heteroatoms. The number of nitrogens with zero attached hydrogens (tertiary/aromatic N) is 1. The van der Waals surface area contributed by atoms with Crippen molar-refractivity contribution in [2.24, 2.45) is 0 Å². The van der Waals surface area contributed by atoms with Gasteiger partial charge in [0.2, 0.25) is 0 Å². The SMILES string of the molecule is C[N+](C)(C)CC=CCC1CO1. The van der Waals surface area contributed by atoms with Gasteiger partial charge in [0.25, 0.3) is 0 Å². The van der Waals surface area contributed by atoms with E-state index in [2.05, 4.69) is 33.3 Å². The zero-order valence-corrected chi connectivity index (χ0v) is 7.71. The Bertz CT molecular complexity index is 142. The van der Waals surface area contributed by atoms with E-state index in [9.17, 15) is 0 Å². The standard InChI is InChI=1S/C9H18NO/c1-10(2,3)7-5-4-6-9-8-11-9/h4-5,9H,6-8H2,1-3H3/q+1. The Hall–Kier alpha value is -0.340. The molecule has 0 amide bonds. The number of hydrogen-bond donors (Lipinski definition) is 0. The second-order valence-electron chi connectivity index (χ2n) is 4.14. The molecule has 1 atom stereocenters. The first-order chi connectivity index (χ1) is 5.08. The predicted molar refractivity (Wildman–Crippen MR) is 46.4 cm³/mol. The summed E-state index contributed by atoms with van der Waals surface area (Å²) in [4.78, 5) is 0. The van der Waals surface area contributed by atoms with Crippen molar-refractivity contribution in [2.45, 2.75) is 12.5 Å². The molecule has 0 saturated carbocycles. The van der Waals surface area contributed by atoms with Gasteiger partial charge in [-0.25, -0.2) is 0 Å². The first kappa shape index (κ1) is 8.75. The zero-order chi connectivity index (χ0) is 8.32. The number of epoxide rings is 1. The van der Waals surface area contributed by atoms with Crippen LogP contribution >= 0.6 is 0 Å². The van der Waals surface area contributed by atoms with Crippen molar-refractivity contribution in [1.29, 1.82) is 0 Å². The normalized spacial score (nSPS) is 24.5. The molecule has 1 aliphatic rings. The van der Waals surface area contributed by atoms with E-state index in [4.69, 9.17) is 4.74 Å². The Balaban J connectivity index is 2.04. The number of quaternary nitrogens is 1. The minimum Gasteiger partial charge on any atom is -0.373 e. The zero-order valence-electron chi connectivity index (χ0n) is 7.71. The summed E-state index contributed by atoms with van der Waals surface area (Å²) in [5.74, 6) is 0. The van der Waals surface area contributed by atoms with Crippen molar-refractivity contribution in [3.8, 4) is 0 Å². The van der Waals surface area contributed by atoms with Crippen LogP contribution in [0.1, 0.15) is 6.42 Å². The van der Waals surface area contributed by atoms with Crippen LogP contribution in [0.15, 0.2) is 12.2 Å². The van der Waals surface area contributed by atoms with Gasteiger partial charge in [-0.1, -0.05) is 6.08 Å². The van der Waals surface area contributed by atoms with Crippen LogP contribution in [0, 0.1) is 0 Å². The lowest BCUT2D eigenvalue weighted by Gasteiger charge is -2.21. The summed E-state index contributed by atoms with van der Waals surface area (Å²) in [5, 5.41) is 0. The molecule has 1 saturated heterocycles. The monoisotopic (exact) mass is 156 g/mol. The molecule has 1 unspecified atom stereocenters. The average Bonchev–Trinajstić information content (AvgIpc) is 2.60. The van der Waals surface area contributed by atoms with E-state index in [1.54, 1.807) is 0 Å². The van der Waals surface area contributed by atoms with Crippen molar-refractivity contribution in [3.05, 3.63) is 12.2 Å². The molecule has 2 nitrogen and oxygen atoms in total. The first-order valence-corrected chi connectivity index (χ1v) is 4.15. The molecule has 1 aliphatic heterocycles. The molecule has 0 aromatic heterocycles. The highest BCUT2D eigenvalue weighted by Crippen LogP contribution is 2.13. The van der Waals surface area contributed by atoms with E-state index in [0.29, 0.717) is 6.10 Å². The van der Waals surface area contributed by atoms with Crippen molar-refractivity contribution in [2.75, 3.05) is 34.3 Å². The van der Waals surface area contributed by atoms with Crippen LogP contribution in [0.5, 0.6) is 0 Å². The maximum absolute atomic E-state index is 5.08. The second kappa shape index (κ2) is 3.37. The molecule has 1 rings (SSSR count). The van der Waals surface area contributed by atoms with Crippen molar-refractivity contribution in [3.63, 3.8) is 0 Å². The molecule has 1 fully saturated rings. The topological polar surface area (TPSA) is 12.5 Å². The summed E-state index contributed by atoms with van der Waals surface area (Å²) in [6, 6.07) is 0. The van der Waals surface area contributed by atoms with E-state index in [0.717, 1.165) is 24.1 Å². The van der Waals surface area contributed by atoms with Gasteiger partial charge in [0.05, 0.1) is 40.4 Å². The van der Waals surface area contributed by atoms with Gasteiger partial charge in [-0.05, 0) is 12.5 Å². The third-order valence-electron chi connectivity index (χ3n) is 1.62. The molecule has 0 bridgehead atoms. The highest BCUT2D eigenvalue weighted by Gasteiger charge is 2.19. The fourth-order valence-electron chi connectivity index (χ4n) is 0.843. The Kier molecular flexibility index (Phi) is 2.68. The van der Waals surface area contributed by atoms with Gasteiger partial charge in [0.1, 0.15) is 0 Å². The van der Waals surface area contributed by atoms with Crippen LogP contribution in [0.25, 0.3) is 0 Å². The molecule has 1 heterocycles. The molecule has 0 aliphatic carbocycles. The van der Waals surface area contributed by atoms with Crippen LogP contribution in [0.4, 0.5) is 0 Å². The maximum Gasteiger partial charge on any atom is 0.0967 e. The summed E-state index contributed by atoms with van der Waals surface area (Å²) in [7, 11) is 6.58. The number of ether oxygens (including phenoxy) is 1. The predicted octanol–water partition coefficient (Wildman–Crippen LogP) is 1.04. The largest absolute Gasteiger partial charge is 0.373 e. The highest BCUT2D eigenvalue weighted by molar-refractivity contribution is 4.87. The lowest BCUT2D eigenvalue weighted by molar-refractivity contribution is -0.864. The Morgan fingerprint density at radius 3 is 2.45 bits per heavy atom. The fraction of sp³-hybridized carbons (Fsp3) is 0.778. The van der Waals surface area contributed by atoms with Crippen LogP contribution in [0.3, 0.4) is 0 Å². The minimum absolute atomic E-state index is 0.540. The highest BCUT2D eigenvalue weighted by atomic mass is 16.6. The average molecular weight is 156 g/mol. The summed E-state index contributed by atoms with van der Waals surface area (Å²) in [6.07, 6.45) is 6.10. The molecule has 0 aromatic carbocycles. The van der Waals surface area contributed by atoms with Crippen molar-refractivity contribution < 1.29 is 9.22 Å². The molecule has 64 valence electrons. The number of rotatable bonds is 4. The minimum atomic E-state index is 0.540. The molecule has 0 N–H and O–H groups in total.